The van der Waals surface area contributed by atoms with E-state index in [0.717, 1.165) is 56.1 Å². The number of benzene rings is 1. The summed E-state index contributed by atoms with van der Waals surface area (Å²) in [5, 5.41) is 11.8. The van der Waals surface area contributed by atoms with Crippen LogP contribution in [0.15, 0.2) is 0 Å². The highest BCUT2D eigenvalue weighted by atomic mass is 16.5. The zero-order chi connectivity index (χ0) is 22.1. The number of ether oxygens (including phenoxy) is 4. The van der Waals surface area contributed by atoms with Crippen LogP contribution >= 0.6 is 0 Å². The third kappa shape index (κ3) is 4.77. The maximum atomic E-state index is 13.0. The Balaban J connectivity index is 2.30. The van der Waals surface area contributed by atoms with E-state index in [1.807, 2.05) is 0 Å². The van der Waals surface area contributed by atoms with E-state index in [2.05, 4.69) is 5.32 Å². The lowest BCUT2D eigenvalue weighted by Crippen LogP contribution is -2.40. The van der Waals surface area contributed by atoms with Crippen molar-refractivity contribution in [3.05, 3.63) is 11.1 Å². The Morgan fingerprint density at radius 2 is 1.23 bits per heavy atom. The summed E-state index contributed by atoms with van der Waals surface area (Å²) < 4.78 is 22.5. The van der Waals surface area contributed by atoms with Gasteiger partial charge in [0.2, 0.25) is 17.4 Å². The molecule has 0 spiro atoms. The van der Waals surface area contributed by atoms with Crippen LogP contribution < -0.4 is 24.3 Å². The molecule has 0 aliphatic heterocycles. The smallest absolute Gasteiger partial charge is 0.226 e. The molecule has 1 aromatic rings. The van der Waals surface area contributed by atoms with Crippen molar-refractivity contribution in [1.82, 2.24) is 5.32 Å². The molecule has 0 saturated carbocycles. The largest absolute Gasteiger partial charge is 0.492 e. The Hall–Kier alpha value is -2.15. The van der Waals surface area contributed by atoms with Gasteiger partial charge in [-0.25, -0.2) is 0 Å². The van der Waals surface area contributed by atoms with Gasteiger partial charge in [0, 0.05) is 24.8 Å². The standard InChI is InChI=1S/C23H37NO6/c1-24-22(26)23(12-10-8-6-7-9-11-13-25)14-16-17(15-23)19(28-3)21(30-5)20(29-4)18(16)27-2/h25H,6-15H2,1-5H3,(H,24,26). The molecule has 1 amide bonds. The number of hydrogen-bond donors (Lipinski definition) is 2. The molecule has 1 aliphatic rings. The van der Waals surface area contributed by atoms with Crippen LogP contribution in [-0.2, 0) is 17.6 Å². The number of aliphatic hydroxyl groups is 1. The molecular formula is C23H37NO6. The van der Waals surface area contributed by atoms with Gasteiger partial charge in [0.1, 0.15) is 0 Å². The molecule has 7 heteroatoms. The number of carbonyl (C=O) groups is 1. The molecule has 0 atom stereocenters. The van der Waals surface area contributed by atoms with Gasteiger partial charge in [0.05, 0.1) is 33.9 Å². The number of methoxy groups -OCH3 is 4. The van der Waals surface area contributed by atoms with E-state index in [1.165, 1.54) is 0 Å². The summed E-state index contributed by atoms with van der Waals surface area (Å²) in [5.74, 6) is 2.25. The van der Waals surface area contributed by atoms with Crippen molar-refractivity contribution in [2.24, 2.45) is 5.41 Å². The number of aliphatic hydroxyl groups excluding tert-OH is 1. The summed E-state index contributed by atoms with van der Waals surface area (Å²) in [6.07, 6.45) is 8.13. The van der Waals surface area contributed by atoms with Gasteiger partial charge in [-0.05, 0) is 25.7 Å². The van der Waals surface area contributed by atoms with Gasteiger partial charge in [-0.15, -0.1) is 0 Å². The lowest BCUT2D eigenvalue weighted by Gasteiger charge is -2.27. The normalized spacial score (nSPS) is 14.2. The Labute approximate surface area is 180 Å². The van der Waals surface area contributed by atoms with Gasteiger partial charge in [-0.2, -0.15) is 0 Å². The number of hydrogen-bond acceptors (Lipinski definition) is 6. The minimum atomic E-state index is -0.542. The fourth-order valence-electron chi connectivity index (χ4n) is 4.67. The molecule has 0 heterocycles. The first kappa shape index (κ1) is 24.1. The highest BCUT2D eigenvalue weighted by Gasteiger charge is 2.47. The lowest BCUT2D eigenvalue weighted by atomic mass is 9.78. The van der Waals surface area contributed by atoms with E-state index in [-0.39, 0.29) is 12.5 Å². The number of fused-ring (bicyclic) bond motifs is 1. The quantitative estimate of drug-likeness (QED) is 0.474. The Bertz CT molecular complexity index is 677. The molecule has 30 heavy (non-hydrogen) atoms. The highest BCUT2D eigenvalue weighted by molar-refractivity contribution is 5.85. The second-order valence-electron chi connectivity index (χ2n) is 7.90. The Morgan fingerprint density at radius 1 is 0.800 bits per heavy atom. The van der Waals surface area contributed by atoms with E-state index in [4.69, 9.17) is 24.1 Å². The van der Waals surface area contributed by atoms with Crippen LogP contribution in [0.2, 0.25) is 0 Å². The van der Waals surface area contributed by atoms with Gasteiger partial charge in [0.15, 0.2) is 11.5 Å². The molecule has 170 valence electrons. The lowest BCUT2D eigenvalue weighted by molar-refractivity contribution is -0.130. The van der Waals surface area contributed by atoms with Crippen molar-refractivity contribution in [2.75, 3.05) is 42.1 Å². The molecule has 1 aliphatic carbocycles. The topological polar surface area (TPSA) is 86.3 Å². The van der Waals surface area contributed by atoms with Crippen LogP contribution in [0, 0.1) is 5.41 Å². The van der Waals surface area contributed by atoms with Crippen LogP contribution in [-0.4, -0.2) is 53.1 Å². The molecular weight excluding hydrogens is 386 g/mol. The van der Waals surface area contributed by atoms with Crippen LogP contribution in [0.1, 0.15) is 56.1 Å². The number of nitrogens with one attached hydrogen (secondary N) is 1. The van der Waals surface area contributed by atoms with Gasteiger partial charge in [-0.3, -0.25) is 4.79 Å². The van der Waals surface area contributed by atoms with Crippen molar-refractivity contribution >= 4 is 5.91 Å². The second-order valence-corrected chi connectivity index (χ2v) is 7.90. The molecule has 2 N–H and O–H groups in total. The van der Waals surface area contributed by atoms with Crippen LogP contribution in [0.25, 0.3) is 0 Å². The average Bonchev–Trinajstić information content (AvgIpc) is 3.16. The minimum Gasteiger partial charge on any atom is -0.492 e. The predicted molar refractivity (Wildman–Crippen MR) is 116 cm³/mol. The number of carbonyl (C=O) groups excluding carboxylic acids is 1. The van der Waals surface area contributed by atoms with Crippen molar-refractivity contribution in [1.29, 1.82) is 0 Å². The molecule has 7 nitrogen and oxygen atoms in total. The first-order valence-electron chi connectivity index (χ1n) is 10.7. The number of amides is 1. The first-order valence-corrected chi connectivity index (χ1v) is 10.7. The van der Waals surface area contributed by atoms with Crippen molar-refractivity contribution in [3.63, 3.8) is 0 Å². The molecule has 0 radical (unpaired) electrons. The second kappa shape index (κ2) is 11.3. The van der Waals surface area contributed by atoms with Gasteiger partial charge < -0.3 is 29.4 Å². The van der Waals surface area contributed by atoms with Gasteiger partial charge in [-0.1, -0.05) is 32.1 Å². The summed E-state index contributed by atoms with van der Waals surface area (Å²) >= 11 is 0. The summed E-state index contributed by atoms with van der Waals surface area (Å²) in [5.41, 5.74) is 1.37. The van der Waals surface area contributed by atoms with Crippen molar-refractivity contribution in [2.45, 2.75) is 57.8 Å². The van der Waals surface area contributed by atoms with Crippen molar-refractivity contribution < 1.29 is 28.8 Å². The monoisotopic (exact) mass is 423 g/mol. The molecule has 0 bridgehead atoms. The van der Waals surface area contributed by atoms with E-state index in [0.29, 0.717) is 35.8 Å². The van der Waals surface area contributed by atoms with E-state index >= 15 is 0 Å². The van der Waals surface area contributed by atoms with Crippen molar-refractivity contribution in [3.8, 4) is 23.0 Å². The van der Waals surface area contributed by atoms with E-state index in [9.17, 15) is 4.79 Å². The van der Waals surface area contributed by atoms with E-state index < -0.39 is 5.41 Å². The predicted octanol–water partition coefficient (Wildman–Crippen LogP) is 3.28. The molecule has 0 fully saturated rings. The van der Waals surface area contributed by atoms with Gasteiger partial charge >= 0.3 is 0 Å². The van der Waals surface area contributed by atoms with Crippen LogP contribution in [0.3, 0.4) is 0 Å². The Morgan fingerprint density at radius 3 is 1.63 bits per heavy atom. The fourth-order valence-corrected chi connectivity index (χ4v) is 4.67. The van der Waals surface area contributed by atoms with Crippen LogP contribution in [0.5, 0.6) is 23.0 Å². The SMILES string of the molecule is CNC(=O)C1(CCCCCCCCO)Cc2c(c(OC)c(OC)c(OC)c2OC)C1. The highest BCUT2D eigenvalue weighted by Crippen LogP contribution is 2.56. The molecule has 0 unspecified atom stereocenters. The molecule has 0 aromatic heterocycles. The zero-order valence-corrected chi connectivity index (χ0v) is 19.1. The van der Waals surface area contributed by atoms with Gasteiger partial charge in [0.25, 0.3) is 0 Å². The minimum absolute atomic E-state index is 0.0426. The summed E-state index contributed by atoms with van der Waals surface area (Å²) in [6, 6.07) is 0. The third-order valence-electron chi connectivity index (χ3n) is 6.15. The molecule has 0 saturated heterocycles. The van der Waals surface area contributed by atoms with E-state index in [1.54, 1.807) is 35.5 Å². The van der Waals surface area contributed by atoms with Crippen LogP contribution in [0.4, 0.5) is 0 Å². The first-order chi connectivity index (χ1) is 14.5. The summed E-state index contributed by atoms with van der Waals surface area (Å²) in [4.78, 5) is 13.0. The number of rotatable bonds is 13. The maximum absolute atomic E-state index is 13.0. The third-order valence-corrected chi connectivity index (χ3v) is 6.15. The fraction of sp³-hybridized carbons (Fsp3) is 0.696. The summed E-state index contributed by atoms with van der Waals surface area (Å²) in [6.45, 7) is 0.259. The zero-order valence-electron chi connectivity index (χ0n) is 19.1. The number of unbranched alkanes of at least 4 members (excludes halogenated alkanes) is 5. The maximum Gasteiger partial charge on any atom is 0.226 e. The Kier molecular flexibility index (Phi) is 9.08. The average molecular weight is 424 g/mol. The molecule has 1 aromatic carbocycles. The summed E-state index contributed by atoms with van der Waals surface area (Å²) in [7, 11) is 8.05. The molecule has 2 rings (SSSR count).